The molecule has 0 aliphatic carbocycles. The first-order valence-corrected chi connectivity index (χ1v) is 20.5. The molecule has 8 nitrogen and oxygen atoms in total. The van der Waals surface area contributed by atoms with E-state index in [0.29, 0.717) is 24.1 Å². The quantitative estimate of drug-likeness (QED) is 0.0215. The molecule has 9 heteroatoms. The van der Waals surface area contributed by atoms with Crippen molar-refractivity contribution in [3.8, 4) is 0 Å². The van der Waals surface area contributed by atoms with Crippen LogP contribution in [0.1, 0.15) is 155 Å². The van der Waals surface area contributed by atoms with Crippen molar-refractivity contribution in [1.82, 2.24) is 0 Å². The summed E-state index contributed by atoms with van der Waals surface area (Å²) < 4.78 is 34.3. The minimum atomic E-state index is -4.51. The van der Waals surface area contributed by atoms with Crippen molar-refractivity contribution in [3.63, 3.8) is 0 Å². The van der Waals surface area contributed by atoms with E-state index in [-0.39, 0.29) is 25.8 Å². The van der Waals surface area contributed by atoms with E-state index in [9.17, 15) is 14.3 Å². The summed E-state index contributed by atoms with van der Waals surface area (Å²) >= 11 is 0. The van der Waals surface area contributed by atoms with Crippen LogP contribution in [0.4, 0.5) is 0 Å². The van der Waals surface area contributed by atoms with Gasteiger partial charge in [-0.15, -0.1) is 0 Å². The summed E-state index contributed by atoms with van der Waals surface area (Å²) in [5, 5.41) is 0. The third kappa shape index (κ3) is 36.1. The Morgan fingerprint density at radius 3 is 1.74 bits per heavy atom. The van der Waals surface area contributed by atoms with Crippen LogP contribution in [0.15, 0.2) is 24.3 Å². The predicted octanol–water partition coefficient (Wildman–Crippen LogP) is 9.86. The summed E-state index contributed by atoms with van der Waals surface area (Å²) in [6, 6.07) is 0. The normalized spacial score (nSPS) is 14.3. The molecule has 0 radical (unpaired) electrons. The fraction of sp³-hybridized carbons (Fsp3) is 0.868. The van der Waals surface area contributed by atoms with Gasteiger partial charge in [-0.3, -0.25) is 9.36 Å². The smallest absolute Gasteiger partial charge is 0.306 e. The van der Waals surface area contributed by atoms with Crippen molar-refractivity contribution >= 4 is 13.8 Å². The van der Waals surface area contributed by atoms with Crippen molar-refractivity contribution in [2.45, 2.75) is 161 Å². The lowest BCUT2D eigenvalue weighted by molar-refractivity contribution is -0.870. The number of hydrogen-bond donors (Lipinski definition) is 0. The summed E-state index contributed by atoms with van der Waals surface area (Å²) in [5.41, 5.74) is 0. The number of phosphoric acid groups is 1. The molecule has 0 aliphatic rings. The van der Waals surface area contributed by atoms with Crippen LogP contribution >= 0.6 is 7.82 Å². The van der Waals surface area contributed by atoms with Gasteiger partial charge in [0.05, 0.1) is 34.4 Å². The van der Waals surface area contributed by atoms with E-state index in [1.54, 1.807) is 0 Å². The van der Waals surface area contributed by atoms with E-state index >= 15 is 0 Å². The van der Waals surface area contributed by atoms with Crippen LogP contribution in [0.3, 0.4) is 0 Å². The second-order valence-electron chi connectivity index (χ2n) is 13.9. The average Bonchev–Trinajstić information content (AvgIpc) is 3.01. The molecule has 47 heavy (non-hydrogen) atoms. The van der Waals surface area contributed by atoms with Crippen molar-refractivity contribution in [3.05, 3.63) is 24.3 Å². The highest BCUT2D eigenvalue weighted by Crippen LogP contribution is 2.38. The van der Waals surface area contributed by atoms with Gasteiger partial charge in [0.25, 0.3) is 7.82 Å². The number of rotatable bonds is 35. The Balaban J connectivity index is 4.20. The molecular formula is C38H74NO7P. The number of carbonyl (C=O) groups excluding carboxylic acids is 1. The second-order valence-corrected chi connectivity index (χ2v) is 15.4. The Hall–Kier alpha value is -1.02. The zero-order valence-electron chi connectivity index (χ0n) is 31.2. The van der Waals surface area contributed by atoms with Crippen LogP contribution in [0.5, 0.6) is 0 Å². The largest absolute Gasteiger partial charge is 0.756 e. The molecular weight excluding hydrogens is 613 g/mol. The van der Waals surface area contributed by atoms with Gasteiger partial charge >= 0.3 is 5.97 Å². The van der Waals surface area contributed by atoms with E-state index in [0.717, 1.165) is 44.9 Å². The highest BCUT2D eigenvalue weighted by Gasteiger charge is 2.20. The molecule has 278 valence electrons. The SMILES string of the molecule is CCCCCC/C=C\C/C=C\CCCCCCCCCC(=O)OC(COCCCCCCCCC)COP(=O)([O-])OCC[N+](C)(C)C. The van der Waals surface area contributed by atoms with Crippen LogP contribution < -0.4 is 4.89 Å². The number of esters is 1. The first kappa shape index (κ1) is 46.0. The standard InChI is InChI=1S/C38H74NO7P/c1-6-8-10-12-14-15-16-17-18-19-20-21-22-23-24-25-27-29-31-38(40)46-37(35-43-33-30-28-26-13-11-9-7-2)36-45-47(41,42)44-34-32-39(3,4)5/h15-16,18-19,37H,6-14,17,20-36H2,1-5H3/b16-15-,19-18-. The minimum absolute atomic E-state index is 0.0255. The first-order valence-electron chi connectivity index (χ1n) is 19.1. The number of nitrogens with zero attached hydrogens (tertiary/aromatic N) is 1. The fourth-order valence-corrected chi connectivity index (χ4v) is 5.71. The zero-order valence-corrected chi connectivity index (χ0v) is 32.1. The third-order valence-electron chi connectivity index (χ3n) is 8.01. The molecule has 0 aromatic carbocycles. The summed E-state index contributed by atoms with van der Waals surface area (Å²) in [6.07, 6.45) is 33.3. The molecule has 0 saturated heterocycles. The number of likely N-dealkylation sites (N-methyl/N-ethyl adjacent to an activating group) is 1. The number of quaternary nitrogens is 1. The van der Waals surface area contributed by atoms with Crippen LogP contribution in [0, 0.1) is 0 Å². The lowest BCUT2D eigenvalue weighted by Gasteiger charge is -2.28. The van der Waals surface area contributed by atoms with Gasteiger partial charge in [-0.25, -0.2) is 0 Å². The van der Waals surface area contributed by atoms with Gasteiger partial charge < -0.3 is 27.9 Å². The Kier molecular flexibility index (Phi) is 31.5. The van der Waals surface area contributed by atoms with Crippen molar-refractivity contribution < 1.29 is 37.3 Å². The molecule has 2 atom stereocenters. The molecule has 0 rings (SSSR count). The molecule has 0 spiro atoms. The van der Waals surface area contributed by atoms with Crippen molar-refractivity contribution in [1.29, 1.82) is 0 Å². The molecule has 2 unspecified atom stereocenters. The number of phosphoric ester groups is 1. The maximum atomic E-state index is 12.6. The zero-order chi connectivity index (χ0) is 34.9. The number of ether oxygens (including phenoxy) is 2. The number of carbonyl (C=O) groups is 1. The van der Waals surface area contributed by atoms with E-state index < -0.39 is 13.9 Å². The Bertz CT molecular complexity index is 812. The van der Waals surface area contributed by atoms with E-state index in [2.05, 4.69) is 38.2 Å². The van der Waals surface area contributed by atoms with E-state index in [4.69, 9.17) is 18.5 Å². The highest BCUT2D eigenvalue weighted by molar-refractivity contribution is 7.45. The van der Waals surface area contributed by atoms with E-state index in [1.165, 1.54) is 89.9 Å². The molecule has 0 amide bonds. The van der Waals surface area contributed by atoms with Gasteiger partial charge in [0.2, 0.25) is 0 Å². The van der Waals surface area contributed by atoms with Crippen LogP contribution in [0.25, 0.3) is 0 Å². The molecule has 0 aromatic rings. The van der Waals surface area contributed by atoms with Gasteiger partial charge in [0, 0.05) is 13.0 Å². The van der Waals surface area contributed by atoms with Gasteiger partial charge in [0.1, 0.15) is 19.3 Å². The maximum Gasteiger partial charge on any atom is 0.306 e. The molecule has 0 heterocycles. The Morgan fingerprint density at radius 1 is 0.660 bits per heavy atom. The fourth-order valence-electron chi connectivity index (χ4n) is 4.99. The van der Waals surface area contributed by atoms with Gasteiger partial charge in [-0.2, -0.15) is 0 Å². The number of hydrogen-bond acceptors (Lipinski definition) is 7. The first-order chi connectivity index (χ1) is 22.6. The minimum Gasteiger partial charge on any atom is -0.756 e. The van der Waals surface area contributed by atoms with Crippen molar-refractivity contribution in [2.75, 3.05) is 54.1 Å². The third-order valence-corrected chi connectivity index (χ3v) is 8.97. The molecule has 0 fully saturated rings. The predicted molar refractivity (Wildman–Crippen MR) is 194 cm³/mol. The molecule has 0 saturated carbocycles. The van der Waals surface area contributed by atoms with Gasteiger partial charge in [-0.1, -0.05) is 128 Å². The van der Waals surface area contributed by atoms with Gasteiger partial charge in [-0.05, 0) is 44.9 Å². The lowest BCUT2D eigenvalue weighted by Crippen LogP contribution is -2.37. The van der Waals surface area contributed by atoms with Crippen LogP contribution in [0.2, 0.25) is 0 Å². The topological polar surface area (TPSA) is 94.1 Å². The van der Waals surface area contributed by atoms with Crippen LogP contribution in [-0.4, -0.2) is 70.7 Å². The maximum absolute atomic E-state index is 12.6. The summed E-state index contributed by atoms with van der Waals surface area (Å²) in [7, 11) is 1.35. The van der Waals surface area contributed by atoms with Crippen molar-refractivity contribution in [2.24, 2.45) is 0 Å². The Labute approximate surface area is 290 Å². The molecule has 0 aromatic heterocycles. The van der Waals surface area contributed by atoms with Gasteiger partial charge in [0.15, 0.2) is 0 Å². The molecule has 0 N–H and O–H groups in total. The summed E-state index contributed by atoms with van der Waals surface area (Å²) in [5.74, 6) is -0.345. The number of allylic oxidation sites excluding steroid dienone is 4. The Morgan fingerprint density at radius 2 is 1.17 bits per heavy atom. The highest BCUT2D eigenvalue weighted by atomic mass is 31.2. The number of unbranched alkanes of at least 4 members (excludes halogenated alkanes) is 17. The monoisotopic (exact) mass is 688 g/mol. The second kappa shape index (κ2) is 32.2. The summed E-state index contributed by atoms with van der Waals surface area (Å²) in [4.78, 5) is 24.8. The molecule has 0 bridgehead atoms. The van der Waals surface area contributed by atoms with E-state index in [1.807, 2.05) is 21.1 Å². The molecule has 0 aliphatic heterocycles. The summed E-state index contributed by atoms with van der Waals surface area (Å²) in [6.45, 7) is 5.35. The lowest BCUT2D eigenvalue weighted by atomic mass is 10.1. The average molecular weight is 688 g/mol. The van der Waals surface area contributed by atoms with Crippen LogP contribution in [-0.2, 0) is 27.9 Å².